The first-order valence-corrected chi connectivity index (χ1v) is 6.30. The first-order chi connectivity index (χ1) is 9.25. The molecule has 2 rings (SSSR count). The van der Waals surface area contributed by atoms with Crippen molar-refractivity contribution in [3.63, 3.8) is 0 Å². The Balaban J connectivity index is 1.71. The lowest BCUT2D eigenvalue weighted by atomic mass is 10.3. The summed E-state index contributed by atoms with van der Waals surface area (Å²) in [7, 11) is 0. The Morgan fingerprint density at radius 1 is 1.05 bits per heavy atom. The number of pyridine rings is 1. The Morgan fingerprint density at radius 3 is 2.63 bits per heavy atom. The number of hydrogen-bond acceptors (Lipinski definition) is 4. The van der Waals surface area contributed by atoms with Gasteiger partial charge in [0.05, 0.1) is 23.9 Å². The van der Waals surface area contributed by atoms with Crippen LogP contribution in [0, 0.1) is 0 Å². The van der Waals surface area contributed by atoms with E-state index in [2.05, 4.69) is 4.98 Å². The minimum atomic E-state index is 0.321. The first kappa shape index (κ1) is 13.6. The van der Waals surface area contributed by atoms with Crippen LogP contribution in [0.1, 0.15) is 5.69 Å². The number of nitrogens with zero attached hydrogens (tertiary/aromatic N) is 1. The zero-order valence-corrected chi connectivity index (χ0v) is 11.1. The van der Waals surface area contributed by atoms with E-state index in [1.165, 1.54) is 0 Å². The molecule has 4 nitrogen and oxygen atoms in total. The standard InChI is InChI=1S/C14H15ClN2O2/c15-12-6-7-14(16)17-13(12)10-18-8-9-19-11-4-2-1-3-5-11/h1-7H,8-10H2,(H2,16,17). The van der Waals surface area contributed by atoms with Crippen LogP contribution in [0.25, 0.3) is 0 Å². The Morgan fingerprint density at radius 2 is 1.84 bits per heavy atom. The Labute approximate surface area is 117 Å². The first-order valence-electron chi connectivity index (χ1n) is 5.92. The molecule has 0 saturated carbocycles. The second-order valence-electron chi connectivity index (χ2n) is 3.88. The SMILES string of the molecule is Nc1ccc(Cl)c(COCCOc2ccccc2)n1. The molecule has 0 atom stereocenters. The van der Waals surface area contributed by atoms with Gasteiger partial charge in [-0.05, 0) is 24.3 Å². The summed E-state index contributed by atoms with van der Waals surface area (Å²) in [5.41, 5.74) is 6.22. The van der Waals surface area contributed by atoms with Crippen molar-refractivity contribution in [3.05, 3.63) is 53.2 Å². The largest absolute Gasteiger partial charge is 0.491 e. The fraction of sp³-hybridized carbons (Fsp3) is 0.214. The molecular formula is C14H15ClN2O2. The van der Waals surface area contributed by atoms with E-state index in [1.807, 2.05) is 30.3 Å². The van der Waals surface area contributed by atoms with Crippen LogP contribution >= 0.6 is 11.6 Å². The molecular weight excluding hydrogens is 264 g/mol. The van der Waals surface area contributed by atoms with E-state index in [-0.39, 0.29) is 0 Å². The number of hydrogen-bond donors (Lipinski definition) is 1. The van der Waals surface area contributed by atoms with E-state index in [0.717, 1.165) is 5.75 Å². The van der Waals surface area contributed by atoms with Crippen LogP contribution in [0.15, 0.2) is 42.5 Å². The molecule has 0 bridgehead atoms. The highest BCUT2D eigenvalue weighted by atomic mass is 35.5. The van der Waals surface area contributed by atoms with Gasteiger partial charge in [-0.1, -0.05) is 29.8 Å². The second kappa shape index (κ2) is 6.97. The van der Waals surface area contributed by atoms with Gasteiger partial charge in [-0.2, -0.15) is 0 Å². The lowest BCUT2D eigenvalue weighted by Gasteiger charge is -2.08. The zero-order valence-electron chi connectivity index (χ0n) is 10.4. The molecule has 5 heteroatoms. The van der Waals surface area contributed by atoms with Gasteiger partial charge in [0.25, 0.3) is 0 Å². The molecule has 1 aromatic carbocycles. The molecule has 0 spiro atoms. The van der Waals surface area contributed by atoms with E-state index in [1.54, 1.807) is 12.1 Å². The third-order valence-electron chi connectivity index (χ3n) is 2.42. The van der Waals surface area contributed by atoms with Gasteiger partial charge in [0.2, 0.25) is 0 Å². The average Bonchev–Trinajstić information content (AvgIpc) is 2.43. The molecule has 0 radical (unpaired) electrons. The quantitative estimate of drug-likeness (QED) is 0.826. The van der Waals surface area contributed by atoms with E-state index in [4.69, 9.17) is 26.8 Å². The fourth-order valence-electron chi connectivity index (χ4n) is 1.51. The molecule has 0 amide bonds. The summed E-state index contributed by atoms with van der Waals surface area (Å²) in [5.74, 6) is 1.26. The third-order valence-corrected chi connectivity index (χ3v) is 2.76. The van der Waals surface area contributed by atoms with Gasteiger partial charge in [0.1, 0.15) is 18.2 Å². The minimum Gasteiger partial charge on any atom is -0.491 e. The van der Waals surface area contributed by atoms with E-state index >= 15 is 0 Å². The summed E-state index contributed by atoms with van der Waals surface area (Å²) in [4.78, 5) is 4.11. The maximum atomic E-state index is 5.98. The Bertz CT molecular complexity index is 520. The minimum absolute atomic E-state index is 0.321. The van der Waals surface area contributed by atoms with Crippen LogP contribution in [-0.2, 0) is 11.3 Å². The Hall–Kier alpha value is -1.78. The number of nitrogen functional groups attached to an aromatic ring is 1. The molecule has 19 heavy (non-hydrogen) atoms. The van der Waals surface area contributed by atoms with Crippen molar-refractivity contribution in [1.82, 2.24) is 4.98 Å². The summed E-state index contributed by atoms with van der Waals surface area (Å²) >= 11 is 5.98. The fourth-order valence-corrected chi connectivity index (χ4v) is 1.67. The number of halogens is 1. The number of benzene rings is 1. The van der Waals surface area contributed by atoms with Crippen LogP contribution in [0.2, 0.25) is 5.02 Å². The molecule has 0 aliphatic carbocycles. The number of ether oxygens (including phenoxy) is 2. The van der Waals surface area contributed by atoms with Crippen LogP contribution in [0.5, 0.6) is 5.75 Å². The molecule has 2 aromatic rings. The second-order valence-corrected chi connectivity index (χ2v) is 4.29. The summed E-state index contributed by atoms with van der Waals surface area (Å²) in [6, 6.07) is 13.0. The van der Waals surface area contributed by atoms with Gasteiger partial charge in [0, 0.05) is 0 Å². The molecule has 0 aliphatic heterocycles. The molecule has 0 saturated heterocycles. The van der Waals surface area contributed by atoms with Crippen molar-refractivity contribution in [2.75, 3.05) is 18.9 Å². The number of rotatable bonds is 6. The van der Waals surface area contributed by atoms with Crippen molar-refractivity contribution in [3.8, 4) is 5.75 Å². The number of aromatic nitrogens is 1. The molecule has 0 fully saturated rings. The smallest absolute Gasteiger partial charge is 0.123 e. The van der Waals surface area contributed by atoms with Crippen molar-refractivity contribution in [2.24, 2.45) is 0 Å². The monoisotopic (exact) mass is 278 g/mol. The van der Waals surface area contributed by atoms with Gasteiger partial charge in [-0.25, -0.2) is 4.98 Å². The predicted octanol–water partition coefficient (Wildman–Crippen LogP) is 2.91. The summed E-state index contributed by atoms with van der Waals surface area (Å²) < 4.78 is 10.9. The van der Waals surface area contributed by atoms with E-state index < -0.39 is 0 Å². The van der Waals surface area contributed by atoms with Gasteiger partial charge in [0.15, 0.2) is 0 Å². The maximum Gasteiger partial charge on any atom is 0.123 e. The third kappa shape index (κ3) is 4.43. The molecule has 2 N–H and O–H groups in total. The normalized spacial score (nSPS) is 10.4. The van der Waals surface area contributed by atoms with Gasteiger partial charge in [-0.15, -0.1) is 0 Å². The molecule has 1 heterocycles. The summed E-state index contributed by atoms with van der Waals surface area (Å²) in [6.45, 7) is 1.26. The van der Waals surface area contributed by atoms with Crippen LogP contribution in [0.3, 0.4) is 0 Å². The molecule has 1 aromatic heterocycles. The van der Waals surface area contributed by atoms with E-state index in [0.29, 0.717) is 36.4 Å². The van der Waals surface area contributed by atoms with Crippen LogP contribution < -0.4 is 10.5 Å². The molecule has 100 valence electrons. The van der Waals surface area contributed by atoms with Crippen LogP contribution in [-0.4, -0.2) is 18.2 Å². The Kier molecular flexibility index (Phi) is 5.01. The van der Waals surface area contributed by atoms with Crippen LogP contribution in [0.4, 0.5) is 5.82 Å². The van der Waals surface area contributed by atoms with Crippen molar-refractivity contribution < 1.29 is 9.47 Å². The van der Waals surface area contributed by atoms with Crippen molar-refractivity contribution >= 4 is 17.4 Å². The summed E-state index contributed by atoms with van der Waals surface area (Å²) in [6.07, 6.45) is 0. The number of para-hydroxylation sites is 1. The predicted molar refractivity (Wildman–Crippen MR) is 75.3 cm³/mol. The molecule has 0 aliphatic rings. The molecule has 0 unspecified atom stereocenters. The maximum absolute atomic E-state index is 5.98. The zero-order chi connectivity index (χ0) is 13.5. The highest BCUT2D eigenvalue weighted by Crippen LogP contribution is 2.16. The topological polar surface area (TPSA) is 57.4 Å². The lowest BCUT2D eigenvalue weighted by Crippen LogP contribution is -2.08. The van der Waals surface area contributed by atoms with Gasteiger partial charge >= 0.3 is 0 Å². The van der Waals surface area contributed by atoms with E-state index in [9.17, 15) is 0 Å². The van der Waals surface area contributed by atoms with Gasteiger partial charge in [-0.3, -0.25) is 0 Å². The average molecular weight is 279 g/mol. The highest BCUT2D eigenvalue weighted by Gasteiger charge is 2.02. The lowest BCUT2D eigenvalue weighted by molar-refractivity contribution is 0.0871. The van der Waals surface area contributed by atoms with Crippen molar-refractivity contribution in [2.45, 2.75) is 6.61 Å². The summed E-state index contributed by atoms with van der Waals surface area (Å²) in [5, 5.41) is 0.554. The van der Waals surface area contributed by atoms with Crippen molar-refractivity contribution in [1.29, 1.82) is 0 Å². The number of nitrogens with two attached hydrogens (primary N) is 1. The van der Waals surface area contributed by atoms with Gasteiger partial charge < -0.3 is 15.2 Å². The highest BCUT2D eigenvalue weighted by molar-refractivity contribution is 6.31. The number of anilines is 1.